The first-order chi connectivity index (χ1) is 15.2. The van der Waals surface area contributed by atoms with Crippen molar-refractivity contribution < 1.29 is 9.59 Å². The molecule has 1 aliphatic carbocycles. The molecule has 7 heteroatoms. The van der Waals surface area contributed by atoms with E-state index in [2.05, 4.69) is 10.3 Å². The average Bonchev–Trinajstić information content (AvgIpc) is 3.37. The molecule has 1 unspecified atom stereocenters. The van der Waals surface area contributed by atoms with E-state index in [1.54, 1.807) is 17.3 Å². The van der Waals surface area contributed by atoms with E-state index in [1.807, 2.05) is 47.4 Å². The highest BCUT2D eigenvalue weighted by Crippen LogP contribution is 2.38. The molecular weight excluding hydrogens is 390 g/mol. The third-order valence-electron chi connectivity index (χ3n) is 6.64. The first-order valence-corrected chi connectivity index (χ1v) is 11.1. The molecule has 31 heavy (non-hydrogen) atoms. The van der Waals surface area contributed by atoms with Gasteiger partial charge in [0.1, 0.15) is 11.4 Å². The van der Waals surface area contributed by atoms with Gasteiger partial charge in [0.25, 0.3) is 5.91 Å². The first kappa shape index (κ1) is 19.7. The van der Waals surface area contributed by atoms with Crippen LogP contribution in [0.2, 0.25) is 0 Å². The molecular formula is C24H27N5O2. The number of pyridine rings is 1. The van der Waals surface area contributed by atoms with Crippen molar-refractivity contribution in [3.8, 4) is 0 Å². The smallest absolute Gasteiger partial charge is 0.328 e. The number of amidine groups is 1. The lowest BCUT2D eigenvalue weighted by Gasteiger charge is -2.33. The van der Waals surface area contributed by atoms with E-state index >= 15 is 0 Å². The zero-order valence-corrected chi connectivity index (χ0v) is 17.5. The number of likely N-dealkylation sites (tertiary alicyclic amines) is 1. The molecule has 1 aromatic carbocycles. The Kier molecular flexibility index (Phi) is 5.18. The second-order valence-electron chi connectivity index (χ2n) is 8.62. The van der Waals surface area contributed by atoms with Crippen molar-refractivity contribution in [3.63, 3.8) is 0 Å². The number of amides is 3. The summed E-state index contributed by atoms with van der Waals surface area (Å²) in [6, 6.07) is 13.1. The molecule has 0 radical (unpaired) electrons. The van der Waals surface area contributed by atoms with E-state index in [4.69, 9.17) is 4.99 Å². The van der Waals surface area contributed by atoms with Gasteiger partial charge < -0.3 is 4.90 Å². The predicted molar refractivity (Wildman–Crippen MR) is 119 cm³/mol. The summed E-state index contributed by atoms with van der Waals surface area (Å²) in [5, 5.41) is 3.05. The molecule has 0 bridgehead atoms. The van der Waals surface area contributed by atoms with Gasteiger partial charge in [-0.25, -0.2) is 4.79 Å². The number of aromatic nitrogens is 1. The van der Waals surface area contributed by atoms with Crippen molar-refractivity contribution in [2.75, 3.05) is 18.0 Å². The number of rotatable bonds is 3. The van der Waals surface area contributed by atoms with Gasteiger partial charge in [-0.05, 0) is 43.5 Å². The van der Waals surface area contributed by atoms with Crippen LogP contribution in [0.25, 0.3) is 0 Å². The van der Waals surface area contributed by atoms with Crippen molar-refractivity contribution in [3.05, 3.63) is 60.4 Å². The summed E-state index contributed by atoms with van der Waals surface area (Å²) in [5.74, 6) is 0.691. The molecule has 1 N–H and O–H groups in total. The maximum Gasteiger partial charge on any atom is 0.328 e. The molecule has 160 valence electrons. The minimum absolute atomic E-state index is 0.0139. The fourth-order valence-corrected chi connectivity index (χ4v) is 5.08. The van der Waals surface area contributed by atoms with E-state index < -0.39 is 5.54 Å². The van der Waals surface area contributed by atoms with Crippen LogP contribution >= 0.6 is 0 Å². The Morgan fingerprint density at radius 3 is 2.65 bits per heavy atom. The van der Waals surface area contributed by atoms with Gasteiger partial charge in [0.05, 0.1) is 24.5 Å². The molecule has 2 aromatic rings. The zero-order chi connectivity index (χ0) is 21.3. The lowest BCUT2D eigenvalue weighted by Crippen LogP contribution is -2.53. The normalized spacial score (nSPS) is 25.4. The van der Waals surface area contributed by atoms with Gasteiger partial charge in [0.15, 0.2) is 0 Å². The van der Waals surface area contributed by atoms with Gasteiger partial charge >= 0.3 is 6.03 Å². The minimum atomic E-state index is -0.679. The third-order valence-corrected chi connectivity index (χ3v) is 6.64. The summed E-state index contributed by atoms with van der Waals surface area (Å²) in [7, 11) is 0. The van der Waals surface area contributed by atoms with Crippen LogP contribution < -0.4 is 10.2 Å². The van der Waals surface area contributed by atoms with Gasteiger partial charge in [0, 0.05) is 18.3 Å². The molecule has 1 atom stereocenters. The zero-order valence-electron chi connectivity index (χ0n) is 17.5. The largest absolute Gasteiger partial charge is 0.336 e. The Balaban J connectivity index is 1.51. The maximum absolute atomic E-state index is 13.2. The lowest BCUT2D eigenvalue weighted by molar-refractivity contribution is 0.0788. The summed E-state index contributed by atoms with van der Waals surface area (Å²) in [6.07, 6.45) is 9.74. The number of aliphatic imine (C=N–C) groups is 1. The Labute approximate surface area is 182 Å². The topological polar surface area (TPSA) is 77.9 Å². The monoisotopic (exact) mass is 417 g/mol. The molecule has 2 aliphatic heterocycles. The summed E-state index contributed by atoms with van der Waals surface area (Å²) >= 11 is 0. The number of anilines is 1. The highest BCUT2D eigenvalue weighted by atomic mass is 16.2. The fraction of sp³-hybridized carbons (Fsp3) is 0.417. The van der Waals surface area contributed by atoms with Crippen LogP contribution in [-0.4, -0.2) is 52.3 Å². The lowest BCUT2D eigenvalue weighted by atomic mass is 9.93. The van der Waals surface area contributed by atoms with E-state index in [9.17, 15) is 9.59 Å². The van der Waals surface area contributed by atoms with E-state index in [-0.39, 0.29) is 18.0 Å². The Morgan fingerprint density at radius 2 is 1.90 bits per heavy atom. The number of carbonyl (C=O) groups is 2. The molecule has 7 nitrogen and oxygen atoms in total. The van der Waals surface area contributed by atoms with Crippen LogP contribution in [0.5, 0.6) is 0 Å². The number of carbonyl (C=O) groups excluding carboxylic acids is 2. The summed E-state index contributed by atoms with van der Waals surface area (Å²) in [5.41, 5.74) is 0.709. The summed E-state index contributed by atoms with van der Waals surface area (Å²) in [4.78, 5) is 39.2. The maximum atomic E-state index is 13.2. The summed E-state index contributed by atoms with van der Waals surface area (Å²) in [6.45, 7) is 0.989. The minimum Gasteiger partial charge on any atom is -0.336 e. The molecule has 3 fully saturated rings. The van der Waals surface area contributed by atoms with Crippen molar-refractivity contribution >= 4 is 23.5 Å². The number of urea groups is 1. The van der Waals surface area contributed by atoms with Crippen LogP contribution in [0, 0.1) is 0 Å². The number of nitrogens with zero attached hydrogens (tertiary/aromatic N) is 4. The van der Waals surface area contributed by atoms with E-state index in [1.165, 1.54) is 19.3 Å². The molecule has 2 saturated heterocycles. The number of hydrogen-bond donors (Lipinski definition) is 1. The molecule has 3 heterocycles. The van der Waals surface area contributed by atoms with Crippen LogP contribution in [0.1, 0.15) is 48.9 Å². The Bertz CT molecular complexity index is 988. The quantitative estimate of drug-likeness (QED) is 0.828. The fourth-order valence-electron chi connectivity index (χ4n) is 5.08. The molecule has 1 aromatic heterocycles. The third kappa shape index (κ3) is 3.58. The molecule has 3 amide bonds. The van der Waals surface area contributed by atoms with Gasteiger partial charge in [-0.15, -0.1) is 0 Å². The van der Waals surface area contributed by atoms with Crippen molar-refractivity contribution in [2.45, 2.75) is 50.1 Å². The average molecular weight is 418 g/mol. The van der Waals surface area contributed by atoms with Gasteiger partial charge in [0.2, 0.25) is 0 Å². The second-order valence-corrected chi connectivity index (χ2v) is 8.62. The highest BCUT2D eigenvalue weighted by molar-refractivity contribution is 6.19. The van der Waals surface area contributed by atoms with E-state index in [0.29, 0.717) is 30.9 Å². The van der Waals surface area contributed by atoms with Crippen LogP contribution in [0.4, 0.5) is 10.5 Å². The van der Waals surface area contributed by atoms with Crippen LogP contribution in [-0.2, 0) is 0 Å². The van der Waals surface area contributed by atoms with Gasteiger partial charge in [-0.1, -0.05) is 37.5 Å². The summed E-state index contributed by atoms with van der Waals surface area (Å²) < 4.78 is 0. The van der Waals surface area contributed by atoms with E-state index in [0.717, 1.165) is 18.5 Å². The SMILES string of the molecule is O=C(c1ccccc1)N1CCC2(C1)C(=NC1CCCCC1)NC(=O)N2c1cccnc1. The van der Waals surface area contributed by atoms with Crippen LogP contribution in [0.15, 0.2) is 59.9 Å². The van der Waals surface area contributed by atoms with Crippen molar-refractivity contribution in [1.82, 2.24) is 15.2 Å². The van der Waals surface area contributed by atoms with Crippen molar-refractivity contribution in [2.24, 2.45) is 4.99 Å². The number of nitrogens with one attached hydrogen (secondary N) is 1. The standard InChI is InChI=1S/C24H27N5O2/c30-21(18-8-3-1-4-9-18)28-15-13-24(17-28)22(26-19-10-5-2-6-11-19)27-23(31)29(24)20-12-7-14-25-16-20/h1,3-4,7-9,12,14,16,19H,2,5-6,10-11,13,15,17H2,(H,26,27,31). The Morgan fingerprint density at radius 1 is 1.10 bits per heavy atom. The number of hydrogen-bond acceptors (Lipinski definition) is 4. The highest BCUT2D eigenvalue weighted by Gasteiger charge is 2.56. The van der Waals surface area contributed by atoms with Crippen molar-refractivity contribution in [1.29, 1.82) is 0 Å². The molecule has 1 spiro atoms. The molecule has 1 saturated carbocycles. The van der Waals surface area contributed by atoms with Gasteiger partial charge in [-0.2, -0.15) is 0 Å². The molecule has 3 aliphatic rings. The Hall–Kier alpha value is -3.22. The van der Waals surface area contributed by atoms with Gasteiger partial charge in [-0.3, -0.25) is 25.0 Å². The first-order valence-electron chi connectivity index (χ1n) is 11.1. The predicted octanol–water partition coefficient (Wildman–Crippen LogP) is 3.63. The number of benzene rings is 1. The molecule has 5 rings (SSSR count). The van der Waals surface area contributed by atoms with Crippen LogP contribution in [0.3, 0.4) is 0 Å². The second kappa shape index (κ2) is 8.13.